The summed E-state index contributed by atoms with van der Waals surface area (Å²) in [5.74, 6) is 2.44. The Hall–Kier alpha value is -0.280. The minimum absolute atomic E-state index is 0. The molecule has 2 aliphatic carbocycles. The molecule has 3 aliphatic rings. The number of carbonyl (C=O) groups excluding carboxylic acids is 1. The number of carbonyl (C=O) groups is 1. The van der Waals surface area contributed by atoms with Crippen LogP contribution in [-0.2, 0) is 4.79 Å². The van der Waals surface area contributed by atoms with Crippen molar-refractivity contribution < 1.29 is 4.79 Å². The van der Waals surface area contributed by atoms with Gasteiger partial charge >= 0.3 is 0 Å². The van der Waals surface area contributed by atoms with Gasteiger partial charge in [-0.25, -0.2) is 0 Å². The minimum atomic E-state index is 0. The summed E-state index contributed by atoms with van der Waals surface area (Å²) in [6.07, 6.45) is 9.28. The third-order valence-electron chi connectivity index (χ3n) is 5.71. The molecule has 0 bridgehead atoms. The quantitative estimate of drug-likeness (QED) is 0.743. The first-order valence-electron chi connectivity index (χ1n) is 8.23. The van der Waals surface area contributed by atoms with Gasteiger partial charge in [-0.05, 0) is 31.7 Å². The number of piperazine rings is 1. The molecule has 0 spiro atoms. The zero-order valence-corrected chi connectivity index (χ0v) is 13.5. The number of hydrogen-bond acceptors (Lipinski definition) is 2. The van der Waals surface area contributed by atoms with Crippen LogP contribution in [0.5, 0.6) is 0 Å². The lowest BCUT2D eigenvalue weighted by molar-refractivity contribution is -0.142. The van der Waals surface area contributed by atoms with Gasteiger partial charge in [0.2, 0.25) is 5.91 Å². The molecule has 2 saturated carbocycles. The van der Waals surface area contributed by atoms with Crippen molar-refractivity contribution in [3.63, 3.8) is 0 Å². The Morgan fingerprint density at radius 3 is 2.30 bits per heavy atom. The van der Waals surface area contributed by atoms with Gasteiger partial charge in [0.1, 0.15) is 0 Å². The predicted octanol–water partition coefficient (Wildman–Crippen LogP) is 2.79. The Bertz CT molecular complexity index is 326. The summed E-state index contributed by atoms with van der Waals surface area (Å²) in [5.41, 5.74) is 0. The van der Waals surface area contributed by atoms with E-state index >= 15 is 0 Å². The van der Waals surface area contributed by atoms with Gasteiger partial charge in [-0.15, -0.1) is 12.4 Å². The number of hydrogen-bond donors (Lipinski definition) is 0. The van der Waals surface area contributed by atoms with Crippen LogP contribution in [0.1, 0.15) is 44.9 Å². The Labute approximate surface area is 129 Å². The molecular formula is C16H29ClN2O. The molecule has 3 nitrogen and oxygen atoms in total. The van der Waals surface area contributed by atoms with E-state index in [0.717, 1.165) is 44.4 Å². The second-order valence-electron chi connectivity index (χ2n) is 6.87. The third-order valence-corrected chi connectivity index (χ3v) is 5.71. The molecular weight excluding hydrogens is 272 g/mol. The van der Waals surface area contributed by atoms with Crippen molar-refractivity contribution in [2.75, 3.05) is 33.2 Å². The van der Waals surface area contributed by atoms with E-state index < -0.39 is 0 Å². The lowest BCUT2D eigenvalue weighted by Crippen LogP contribution is -2.51. The maximum atomic E-state index is 12.8. The molecule has 0 radical (unpaired) electrons. The van der Waals surface area contributed by atoms with Gasteiger partial charge in [-0.1, -0.05) is 32.1 Å². The van der Waals surface area contributed by atoms with E-state index in [2.05, 4.69) is 16.8 Å². The van der Waals surface area contributed by atoms with Crippen LogP contribution in [0.4, 0.5) is 0 Å². The summed E-state index contributed by atoms with van der Waals surface area (Å²) in [6.45, 7) is 3.99. The summed E-state index contributed by atoms with van der Waals surface area (Å²) in [5, 5.41) is 0. The molecule has 3 fully saturated rings. The first-order valence-corrected chi connectivity index (χ1v) is 8.23. The van der Waals surface area contributed by atoms with Crippen molar-refractivity contribution in [3.8, 4) is 0 Å². The maximum absolute atomic E-state index is 12.8. The van der Waals surface area contributed by atoms with Crippen LogP contribution in [0.15, 0.2) is 0 Å². The van der Waals surface area contributed by atoms with Crippen LogP contribution in [-0.4, -0.2) is 48.9 Å². The van der Waals surface area contributed by atoms with Crippen LogP contribution in [0.2, 0.25) is 0 Å². The summed E-state index contributed by atoms with van der Waals surface area (Å²) >= 11 is 0. The van der Waals surface area contributed by atoms with E-state index in [1.165, 1.54) is 38.5 Å². The molecule has 1 heterocycles. The number of likely N-dealkylation sites (N-methyl/N-ethyl adjacent to an activating group) is 1. The SMILES string of the molecule is CN1CCN(C(=O)C2CCCC3CCCCC32)CC1.Cl. The zero-order valence-electron chi connectivity index (χ0n) is 12.7. The van der Waals surface area contributed by atoms with Crippen molar-refractivity contribution in [2.45, 2.75) is 44.9 Å². The second kappa shape index (κ2) is 7.13. The van der Waals surface area contributed by atoms with Crippen LogP contribution in [0.25, 0.3) is 0 Å². The maximum Gasteiger partial charge on any atom is 0.226 e. The average molecular weight is 301 g/mol. The van der Waals surface area contributed by atoms with Gasteiger partial charge in [0.05, 0.1) is 0 Å². The topological polar surface area (TPSA) is 23.6 Å². The van der Waals surface area contributed by atoms with Crippen LogP contribution in [0.3, 0.4) is 0 Å². The monoisotopic (exact) mass is 300 g/mol. The van der Waals surface area contributed by atoms with Crippen molar-refractivity contribution in [2.24, 2.45) is 17.8 Å². The first-order chi connectivity index (χ1) is 9.25. The smallest absolute Gasteiger partial charge is 0.226 e. The average Bonchev–Trinajstić information content (AvgIpc) is 2.47. The largest absolute Gasteiger partial charge is 0.340 e. The highest BCUT2D eigenvalue weighted by atomic mass is 35.5. The lowest BCUT2D eigenvalue weighted by Gasteiger charge is -2.43. The van der Waals surface area contributed by atoms with Gasteiger partial charge in [0, 0.05) is 32.1 Å². The molecule has 1 saturated heterocycles. The zero-order chi connectivity index (χ0) is 13.2. The summed E-state index contributed by atoms with van der Waals surface area (Å²) in [6, 6.07) is 0. The Balaban J connectivity index is 0.00000147. The van der Waals surface area contributed by atoms with E-state index in [9.17, 15) is 4.79 Å². The van der Waals surface area contributed by atoms with Gasteiger partial charge in [-0.2, -0.15) is 0 Å². The lowest BCUT2D eigenvalue weighted by atomic mass is 9.65. The van der Waals surface area contributed by atoms with Crippen molar-refractivity contribution in [1.29, 1.82) is 0 Å². The Morgan fingerprint density at radius 2 is 1.55 bits per heavy atom. The highest BCUT2D eigenvalue weighted by Gasteiger charge is 2.40. The molecule has 0 aromatic heterocycles. The van der Waals surface area contributed by atoms with Gasteiger partial charge < -0.3 is 9.80 Å². The summed E-state index contributed by atoms with van der Waals surface area (Å²) in [7, 11) is 2.15. The molecule has 20 heavy (non-hydrogen) atoms. The molecule has 1 aliphatic heterocycles. The van der Waals surface area contributed by atoms with Crippen LogP contribution >= 0.6 is 12.4 Å². The Kier molecular flexibility index (Phi) is 5.74. The van der Waals surface area contributed by atoms with E-state index in [1.807, 2.05) is 0 Å². The summed E-state index contributed by atoms with van der Waals surface area (Å²) < 4.78 is 0. The fourth-order valence-corrected chi connectivity index (χ4v) is 4.51. The second-order valence-corrected chi connectivity index (χ2v) is 6.87. The predicted molar refractivity (Wildman–Crippen MR) is 84.1 cm³/mol. The fraction of sp³-hybridized carbons (Fsp3) is 0.938. The third kappa shape index (κ3) is 3.30. The molecule has 3 atom stereocenters. The van der Waals surface area contributed by atoms with Gasteiger partial charge in [-0.3, -0.25) is 4.79 Å². The molecule has 4 heteroatoms. The standard InChI is InChI=1S/C16H28N2O.ClH/c1-17-9-11-18(12-10-17)16(19)15-8-4-6-13-5-2-3-7-14(13)15;/h13-15H,2-12H2,1H3;1H. The number of halogens is 1. The number of nitrogens with zero attached hydrogens (tertiary/aromatic N) is 2. The van der Waals surface area contributed by atoms with Crippen LogP contribution < -0.4 is 0 Å². The number of rotatable bonds is 1. The van der Waals surface area contributed by atoms with E-state index in [-0.39, 0.29) is 12.4 Å². The normalized spacial score (nSPS) is 35.0. The van der Waals surface area contributed by atoms with Crippen molar-refractivity contribution in [1.82, 2.24) is 9.80 Å². The highest BCUT2D eigenvalue weighted by molar-refractivity contribution is 5.85. The molecule has 116 valence electrons. The Morgan fingerprint density at radius 1 is 0.900 bits per heavy atom. The molecule has 1 amide bonds. The van der Waals surface area contributed by atoms with E-state index in [4.69, 9.17) is 0 Å². The summed E-state index contributed by atoms with van der Waals surface area (Å²) in [4.78, 5) is 17.3. The number of amides is 1. The van der Waals surface area contributed by atoms with Crippen molar-refractivity contribution >= 4 is 18.3 Å². The molecule has 0 aromatic rings. The van der Waals surface area contributed by atoms with Gasteiger partial charge in [0.25, 0.3) is 0 Å². The molecule has 0 aromatic carbocycles. The first kappa shape index (κ1) is 16.1. The van der Waals surface area contributed by atoms with E-state index in [1.54, 1.807) is 0 Å². The fourth-order valence-electron chi connectivity index (χ4n) is 4.51. The van der Waals surface area contributed by atoms with Gasteiger partial charge in [0.15, 0.2) is 0 Å². The highest BCUT2D eigenvalue weighted by Crippen LogP contribution is 2.44. The minimum Gasteiger partial charge on any atom is -0.340 e. The van der Waals surface area contributed by atoms with Crippen LogP contribution in [0, 0.1) is 17.8 Å². The molecule has 0 N–H and O–H groups in total. The molecule has 3 unspecified atom stereocenters. The molecule has 3 rings (SSSR count). The van der Waals surface area contributed by atoms with Crippen molar-refractivity contribution in [3.05, 3.63) is 0 Å². The number of fused-ring (bicyclic) bond motifs is 1. The van der Waals surface area contributed by atoms with E-state index in [0.29, 0.717) is 11.8 Å².